The molecule has 0 bridgehead atoms. The van der Waals surface area contributed by atoms with Crippen LogP contribution < -0.4 is 10.6 Å². The fraction of sp³-hybridized carbons (Fsp3) is 0.588. The minimum absolute atomic E-state index is 0.0721. The van der Waals surface area contributed by atoms with Gasteiger partial charge in [0.2, 0.25) is 5.91 Å². The Labute approximate surface area is 126 Å². The number of rotatable bonds is 4. The second-order valence-corrected chi connectivity index (χ2v) is 6.17. The Morgan fingerprint density at radius 1 is 1.43 bits per heavy atom. The first-order valence-electron chi connectivity index (χ1n) is 7.81. The van der Waals surface area contributed by atoms with Crippen molar-refractivity contribution in [1.82, 2.24) is 5.32 Å². The molecule has 0 radical (unpaired) electrons. The molecule has 0 spiro atoms. The molecule has 1 fully saturated rings. The van der Waals surface area contributed by atoms with E-state index in [-0.39, 0.29) is 17.1 Å². The molecule has 1 heterocycles. The number of aromatic hydroxyl groups is 1. The number of aryl methyl sites for hydroxylation is 1. The van der Waals surface area contributed by atoms with Crippen LogP contribution in [-0.4, -0.2) is 24.1 Å². The van der Waals surface area contributed by atoms with Crippen LogP contribution in [0.15, 0.2) is 12.1 Å². The molecule has 1 unspecified atom stereocenters. The highest BCUT2D eigenvalue weighted by Crippen LogP contribution is 2.35. The van der Waals surface area contributed by atoms with Crippen molar-refractivity contribution in [2.75, 3.05) is 18.4 Å². The maximum atomic E-state index is 12.8. The lowest BCUT2D eigenvalue weighted by atomic mass is 9.76. The van der Waals surface area contributed by atoms with E-state index >= 15 is 0 Å². The Morgan fingerprint density at radius 2 is 2.19 bits per heavy atom. The predicted molar refractivity (Wildman–Crippen MR) is 85.7 cm³/mol. The Bertz CT molecular complexity index is 514. The van der Waals surface area contributed by atoms with E-state index in [1.54, 1.807) is 0 Å². The van der Waals surface area contributed by atoms with Crippen molar-refractivity contribution in [3.05, 3.63) is 23.3 Å². The molecule has 1 atom stereocenters. The molecule has 4 heteroatoms. The van der Waals surface area contributed by atoms with Gasteiger partial charge in [0.1, 0.15) is 5.75 Å². The van der Waals surface area contributed by atoms with E-state index in [1.165, 1.54) is 0 Å². The number of benzene rings is 1. The fourth-order valence-corrected chi connectivity index (χ4v) is 3.19. The Kier molecular flexibility index (Phi) is 4.88. The van der Waals surface area contributed by atoms with Gasteiger partial charge in [0.25, 0.3) is 0 Å². The molecule has 1 aromatic carbocycles. The second-order valence-electron chi connectivity index (χ2n) is 6.17. The van der Waals surface area contributed by atoms with Crippen molar-refractivity contribution in [2.45, 2.75) is 46.5 Å². The van der Waals surface area contributed by atoms with Crippen molar-refractivity contribution in [3.63, 3.8) is 0 Å². The van der Waals surface area contributed by atoms with Gasteiger partial charge in [-0.3, -0.25) is 4.79 Å². The molecule has 1 aliphatic heterocycles. The molecular formula is C17H26N2O2. The van der Waals surface area contributed by atoms with E-state index in [0.29, 0.717) is 5.69 Å². The monoisotopic (exact) mass is 290 g/mol. The molecule has 1 aliphatic rings. The summed E-state index contributed by atoms with van der Waals surface area (Å²) in [5.74, 6) is 0.335. The van der Waals surface area contributed by atoms with Crippen LogP contribution in [0.3, 0.4) is 0 Å². The lowest BCUT2D eigenvalue weighted by Gasteiger charge is -2.36. The van der Waals surface area contributed by atoms with Crippen LogP contribution in [0.2, 0.25) is 0 Å². The van der Waals surface area contributed by atoms with E-state index in [9.17, 15) is 9.90 Å². The molecule has 1 aromatic rings. The normalized spacial score (nSPS) is 22.0. The highest BCUT2D eigenvalue weighted by atomic mass is 16.3. The first kappa shape index (κ1) is 15.8. The highest BCUT2D eigenvalue weighted by Gasteiger charge is 2.38. The Morgan fingerprint density at radius 3 is 2.81 bits per heavy atom. The van der Waals surface area contributed by atoms with E-state index in [1.807, 2.05) is 26.0 Å². The zero-order valence-electron chi connectivity index (χ0n) is 13.3. The van der Waals surface area contributed by atoms with Gasteiger partial charge < -0.3 is 15.7 Å². The third-order valence-corrected chi connectivity index (χ3v) is 4.56. The molecule has 3 N–H and O–H groups in total. The van der Waals surface area contributed by atoms with Gasteiger partial charge in [-0.25, -0.2) is 0 Å². The zero-order chi connectivity index (χ0) is 15.5. The van der Waals surface area contributed by atoms with E-state index in [0.717, 1.165) is 49.9 Å². The maximum absolute atomic E-state index is 12.8. The van der Waals surface area contributed by atoms with Gasteiger partial charge in [0.15, 0.2) is 0 Å². The van der Waals surface area contributed by atoms with Crippen LogP contribution in [-0.2, 0) is 4.79 Å². The highest BCUT2D eigenvalue weighted by molar-refractivity contribution is 5.96. The number of carbonyl (C=O) groups is 1. The van der Waals surface area contributed by atoms with Gasteiger partial charge in [-0.2, -0.15) is 0 Å². The number of phenols is 1. The summed E-state index contributed by atoms with van der Waals surface area (Å²) < 4.78 is 0. The van der Waals surface area contributed by atoms with Crippen molar-refractivity contribution >= 4 is 11.6 Å². The molecule has 4 nitrogen and oxygen atoms in total. The fourth-order valence-electron chi connectivity index (χ4n) is 3.19. The van der Waals surface area contributed by atoms with Gasteiger partial charge in [0.05, 0.1) is 5.41 Å². The number of hydrogen-bond acceptors (Lipinski definition) is 3. The van der Waals surface area contributed by atoms with E-state index in [2.05, 4.69) is 17.6 Å². The number of amides is 1. The predicted octanol–water partition coefficient (Wildman–Crippen LogP) is 3.12. The third-order valence-electron chi connectivity index (χ3n) is 4.56. The molecule has 116 valence electrons. The smallest absolute Gasteiger partial charge is 0.231 e. The summed E-state index contributed by atoms with van der Waals surface area (Å²) in [6.45, 7) is 7.54. The van der Waals surface area contributed by atoms with Crippen molar-refractivity contribution in [3.8, 4) is 5.75 Å². The molecule has 0 saturated carbocycles. The van der Waals surface area contributed by atoms with Gasteiger partial charge in [0, 0.05) is 17.8 Å². The standard InChI is InChI=1S/C17H26N2O2/c1-4-8-17(9-5-10-18-11-17)16(21)19-14-7-6-12(2)15(20)13(14)3/h6-7,18,20H,4-5,8-11H2,1-3H3,(H,19,21). The molecule has 1 saturated heterocycles. The minimum atomic E-state index is -0.319. The van der Waals surface area contributed by atoms with Crippen LogP contribution in [0, 0.1) is 19.3 Å². The molecule has 21 heavy (non-hydrogen) atoms. The lowest BCUT2D eigenvalue weighted by Crippen LogP contribution is -2.48. The SMILES string of the molecule is CCCC1(C(=O)Nc2ccc(C)c(O)c2C)CCCNC1. The summed E-state index contributed by atoms with van der Waals surface area (Å²) in [6.07, 6.45) is 3.85. The summed E-state index contributed by atoms with van der Waals surface area (Å²) in [5, 5.41) is 16.4. The molecule has 0 aromatic heterocycles. The van der Waals surface area contributed by atoms with Crippen LogP contribution in [0.4, 0.5) is 5.69 Å². The number of hydrogen-bond donors (Lipinski definition) is 3. The summed E-state index contributed by atoms with van der Waals surface area (Å²) in [6, 6.07) is 3.71. The molecular weight excluding hydrogens is 264 g/mol. The van der Waals surface area contributed by atoms with E-state index < -0.39 is 0 Å². The number of piperidine rings is 1. The third kappa shape index (κ3) is 3.21. The number of anilines is 1. The maximum Gasteiger partial charge on any atom is 0.231 e. The van der Waals surface area contributed by atoms with Gasteiger partial charge in [-0.15, -0.1) is 0 Å². The van der Waals surface area contributed by atoms with Crippen LogP contribution in [0.5, 0.6) is 5.75 Å². The molecule has 2 rings (SSSR count). The first-order chi connectivity index (χ1) is 10.00. The Balaban J connectivity index is 2.21. The van der Waals surface area contributed by atoms with Crippen LogP contribution >= 0.6 is 0 Å². The number of carbonyl (C=O) groups excluding carboxylic acids is 1. The van der Waals surface area contributed by atoms with Gasteiger partial charge in [-0.1, -0.05) is 19.4 Å². The van der Waals surface area contributed by atoms with Gasteiger partial charge in [-0.05, 0) is 51.3 Å². The average molecular weight is 290 g/mol. The summed E-state index contributed by atoms with van der Waals surface area (Å²) >= 11 is 0. The lowest BCUT2D eigenvalue weighted by molar-refractivity contribution is -0.127. The summed E-state index contributed by atoms with van der Waals surface area (Å²) in [4.78, 5) is 12.8. The van der Waals surface area contributed by atoms with E-state index in [4.69, 9.17) is 0 Å². The Hall–Kier alpha value is -1.55. The topological polar surface area (TPSA) is 61.4 Å². The zero-order valence-corrected chi connectivity index (χ0v) is 13.3. The van der Waals surface area contributed by atoms with Crippen LogP contribution in [0.1, 0.15) is 43.7 Å². The van der Waals surface area contributed by atoms with Crippen molar-refractivity contribution < 1.29 is 9.90 Å². The first-order valence-corrected chi connectivity index (χ1v) is 7.81. The quantitative estimate of drug-likeness (QED) is 0.798. The van der Waals surface area contributed by atoms with Crippen molar-refractivity contribution in [2.24, 2.45) is 5.41 Å². The summed E-state index contributed by atoms with van der Waals surface area (Å²) in [7, 11) is 0. The van der Waals surface area contributed by atoms with Crippen LogP contribution in [0.25, 0.3) is 0 Å². The number of phenolic OH excluding ortho intramolecular Hbond substituents is 1. The number of nitrogens with one attached hydrogen (secondary N) is 2. The van der Waals surface area contributed by atoms with Crippen molar-refractivity contribution in [1.29, 1.82) is 0 Å². The minimum Gasteiger partial charge on any atom is -0.507 e. The summed E-state index contributed by atoms with van der Waals surface area (Å²) in [5.41, 5.74) is 1.95. The second kappa shape index (κ2) is 6.48. The largest absolute Gasteiger partial charge is 0.507 e. The average Bonchev–Trinajstić information content (AvgIpc) is 2.49. The molecule has 0 aliphatic carbocycles. The van der Waals surface area contributed by atoms with Gasteiger partial charge >= 0.3 is 0 Å². The molecule has 1 amide bonds.